The van der Waals surface area contributed by atoms with Crippen LogP contribution in [-0.4, -0.2) is 33.5 Å². The van der Waals surface area contributed by atoms with Gasteiger partial charge in [-0.05, 0) is 56.7 Å². The summed E-state index contributed by atoms with van der Waals surface area (Å²) >= 11 is 0. The van der Waals surface area contributed by atoms with Gasteiger partial charge in [-0.15, -0.1) is 5.10 Å². The molecule has 0 radical (unpaired) electrons. The second kappa shape index (κ2) is 9.53. The summed E-state index contributed by atoms with van der Waals surface area (Å²) in [6.07, 6.45) is 9.15. The number of amides is 1. The number of hydrogen-bond acceptors (Lipinski definition) is 4. The minimum absolute atomic E-state index is 0.162. The maximum atomic E-state index is 12.3. The lowest BCUT2D eigenvalue weighted by atomic mass is 9.89. The Morgan fingerprint density at radius 1 is 1.22 bits per heavy atom. The van der Waals surface area contributed by atoms with Gasteiger partial charge < -0.3 is 10.1 Å². The van der Waals surface area contributed by atoms with E-state index in [0.29, 0.717) is 18.2 Å². The molecular formula is C21H30N4O2. The Kier molecular flexibility index (Phi) is 6.85. The Labute approximate surface area is 161 Å². The average Bonchev–Trinajstić information content (AvgIpc) is 3.12. The highest BCUT2D eigenvalue weighted by Gasteiger charge is 2.16. The molecule has 0 saturated heterocycles. The van der Waals surface area contributed by atoms with E-state index in [1.807, 2.05) is 42.8 Å². The Bertz CT molecular complexity index is 718. The molecule has 1 aliphatic carbocycles. The van der Waals surface area contributed by atoms with Crippen LogP contribution in [0.15, 0.2) is 30.5 Å². The van der Waals surface area contributed by atoms with Gasteiger partial charge in [0.2, 0.25) is 0 Å². The molecule has 3 rings (SSSR count). The number of carbonyl (C=O) groups is 1. The maximum Gasteiger partial charge on any atom is 0.273 e. The van der Waals surface area contributed by atoms with E-state index < -0.39 is 0 Å². The van der Waals surface area contributed by atoms with Crippen molar-refractivity contribution in [3.05, 3.63) is 41.7 Å². The van der Waals surface area contributed by atoms with Crippen molar-refractivity contribution in [1.29, 1.82) is 0 Å². The number of aromatic nitrogens is 3. The molecule has 1 fully saturated rings. The third-order valence-corrected chi connectivity index (χ3v) is 4.94. The molecular weight excluding hydrogens is 340 g/mol. The van der Waals surface area contributed by atoms with Gasteiger partial charge in [-0.1, -0.05) is 36.6 Å². The highest BCUT2D eigenvalue weighted by Crippen LogP contribution is 2.24. The van der Waals surface area contributed by atoms with Gasteiger partial charge in [-0.25, -0.2) is 0 Å². The van der Waals surface area contributed by atoms with E-state index in [4.69, 9.17) is 4.74 Å². The van der Waals surface area contributed by atoms with E-state index in [1.165, 1.54) is 32.1 Å². The Balaban J connectivity index is 1.42. The summed E-state index contributed by atoms with van der Waals surface area (Å²) in [5.41, 5.74) is 1.55. The molecule has 2 aromatic rings. The highest BCUT2D eigenvalue weighted by atomic mass is 16.5. The molecule has 6 heteroatoms. The van der Waals surface area contributed by atoms with Crippen LogP contribution in [0.1, 0.15) is 62.0 Å². The molecule has 27 heavy (non-hydrogen) atoms. The summed E-state index contributed by atoms with van der Waals surface area (Å²) in [7, 11) is 0. The van der Waals surface area contributed by atoms with Crippen LogP contribution in [0.25, 0.3) is 0 Å². The summed E-state index contributed by atoms with van der Waals surface area (Å²) in [6.45, 7) is 5.45. The second-order valence-electron chi connectivity index (χ2n) is 7.65. The third kappa shape index (κ3) is 6.08. The van der Waals surface area contributed by atoms with Gasteiger partial charge in [-0.3, -0.25) is 9.48 Å². The fourth-order valence-corrected chi connectivity index (χ4v) is 3.54. The van der Waals surface area contributed by atoms with E-state index >= 15 is 0 Å². The number of hydrogen-bond donors (Lipinski definition) is 1. The molecule has 146 valence electrons. The van der Waals surface area contributed by atoms with Crippen molar-refractivity contribution in [2.45, 2.75) is 65.0 Å². The number of nitrogens with one attached hydrogen (secondary N) is 1. The van der Waals surface area contributed by atoms with Crippen LogP contribution in [-0.2, 0) is 13.0 Å². The predicted octanol–water partition coefficient (Wildman–Crippen LogP) is 3.62. The molecule has 0 aliphatic heterocycles. The van der Waals surface area contributed by atoms with Crippen LogP contribution in [0.5, 0.6) is 5.75 Å². The molecule has 6 nitrogen and oxygen atoms in total. The molecule has 0 atom stereocenters. The normalized spacial score (nSPS) is 15.1. The number of benzene rings is 1. The first-order valence-corrected chi connectivity index (χ1v) is 10.0. The Morgan fingerprint density at radius 2 is 1.96 bits per heavy atom. The smallest absolute Gasteiger partial charge is 0.273 e. The molecule has 0 bridgehead atoms. The largest absolute Gasteiger partial charge is 0.491 e. The van der Waals surface area contributed by atoms with Gasteiger partial charge in [0.1, 0.15) is 5.75 Å². The van der Waals surface area contributed by atoms with Gasteiger partial charge in [-0.2, -0.15) is 0 Å². The quantitative estimate of drug-likeness (QED) is 0.770. The van der Waals surface area contributed by atoms with Gasteiger partial charge in [0.25, 0.3) is 5.91 Å². The van der Waals surface area contributed by atoms with Crippen molar-refractivity contribution >= 4 is 5.91 Å². The third-order valence-electron chi connectivity index (χ3n) is 4.94. The molecule has 1 aromatic heterocycles. The molecule has 1 heterocycles. The van der Waals surface area contributed by atoms with E-state index in [-0.39, 0.29) is 12.0 Å². The summed E-state index contributed by atoms with van der Waals surface area (Å²) in [5, 5.41) is 11.1. The summed E-state index contributed by atoms with van der Waals surface area (Å²) in [5.74, 6) is 1.37. The summed E-state index contributed by atoms with van der Waals surface area (Å²) < 4.78 is 7.46. The van der Waals surface area contributed by atoms with Crippen LogP contribution < -0.4 is 10.1 Å². The van der Waals surface area contributed by atoms with Crippen LogP contribution in [0.4, 0.5) is 0 Å². The van der Waals surface area contributed by atoms with Gasteiger partial charge in [0, 0.05) is 13.1 Å². The zero-order valence-corrected chi connectivity index (χ0v) is 16.4. The standard InChI is InChI=1S/C21H30N4O2/c1-16(2)27-19-10-8-17(9-11-19)12-13-22-21(26)20-15-25(24-23-20)14-18-6-4-3-5-7-18/h8-11,15-16,18H,3-7,12-14H2,1-2H3,(H,22,26). The fraction of sp³-hybridized carbons (Fsp3) is 0.571. The molecule has 0 unspecified atom stereocenters. The first-order chi connectivity index (χ1) is 13.1. The average molecular weight is 370 g/mol. The lowest BCUT2D eigenvalue weighted by molar-refractivity contribution is 0.0949. The maximum absolute atomic E-state index is 12.3. The van der Waals surface area contributed by atoms with E-state index in [9.17, 15) is 4.79 Å². The number of rotatable bonds is 8. The number of carbonyl (C=O) groups excluding carboxylic acids is 1. The molecule has 1 aliphatic rings. The molecule has 1 N–H and O–H groups in total. The molecule has 1 amide bonds. The Morgan fingerprint density at radius 3 is 2.67 bits per heavy atom. The molecule has 1 saturated carbocycles. The second-order valence-corrected chi connectivity index (χ2v) is 7.65. The summed E-state index contributed by atoms with van der Waals surface area (Å²) in [6, 6.07) is 8.00. The SMILES string of the molecule is CC(C)Oc1ccc(CCNC(=O)c2cn(CC3CCCCC3)nn2)cc1. The van der Waals surface area contributed by atoms with Crippen molar-refractivity contribution in [2.75, 3.05) is 6.54 Å². The van der Waals surface area contributed by atoms with E-state index in [2.05, 4.69) is 15.6 Å². The molecule has 0 spiro atoms. The first-order valence-electron chi connectivity index (χ1n) is 10.0. The first kappa shape index (κ1) is 19.4. The van der Waals surface area contributed by atoms with Crippen LogP contribution in [0.2, 0.25) is 0 Å². The van der Waals surface area contributed by atoms with Gasteiger partial charge in [0.05, 0.1) is 12.3 Å². The zero-order valence-electron chi connectivity index (χ0n) is 16.4. The minimum Gasteiger partial charge on any atom is -0.491 e. The number of nitrogens with zero attached hydrogens (tertiary/aromatic N) is 3. The number of ether oxygens (including phenoxy) is 1. The van der Waals surface area contributed by atoms with Gasteiger partial charge in [0.15, 0.2) is 5.69 Å². The minimum atomic E-state index is -0.162. The highest BCUT2D eigenvalue weighted by molar-refractivity contribution is 5.91. The fourth-order valence-electron chi connectivity index (χ4n) is 3.54. The Hall–Kier alpha value is -2.37. The van der Waals surface area contributed by atoms with E-state index in [0.717, 1.165) is 24.3 Å². The van der Waals surface area contributed by atoms with Crippen LogP contribution in [0, 0.1) is 5.92 Å². The lowest BCUT2D eigenvalue weighted by Crippen LogP contribution is -2.26. The monoisotopic (exact) mass is 370 g/mol. The van der Waals surface area contributed by atoms with E-state index in [1.54, 1.807) is 6.20 Å². The predicted molar refractivity (Wildman–Crippen MR) is 105 cm³/mol. The summed E-state index contributed by atoms with van der Waals surface area (Å²) in [4.78, 5) is 12.3. The van der Waals surface area contributed by atoms with Crippen LogP contribution in [0.3, 0.4) is 0 Å². The topological polar surface area (TPSA) is 69.0 Å². The van der Waals surface area contributed by atoms with Crippen molar-refractivity contribution in [2.24, 2.45) is 5.92 Å². The zero-order chi connectivity index (χ0) is 19.1. The van der Waals surface area contributed by atoms with Crippen molar-refractivity contribution in [3.8, 4) is 5.75 Å². The van der Waals surface area contributed by atoms with Crippen molar-refractivity contribution in [1.82, 2.24) is 20.3 Å². The van der Waals surface area contributed by atoms with Crippen molar-refractivity contribution < 1.29 is 9.53 Å². The van der Waals surface area contributed by atoms with Gasteiger partial charge >= 0.3 is 0 Å². The lowest BCUT2D eigenvalue weighted by Gasteiger charge is -2.20. The van der Waals surface area contributed by atoms with Crippen molar-refractivity contribution in [3.63, 3.8) is 0 Å². The molecule has 1 aromatic carbocycles. The van der Waals surface area contributed by atoms with Crippen LogP contribution >= 0.6 is 0 Å².